The van der Waals surface area contributed by atoms with Gasteiger partial charge in [0.2, 0.25) is 0 Å². The molecule has 0 aliphatic carbocycles. The molecular formula is C16H14ClNO4. The van der Waals surface area contributed by atoms with Crippen molar-refractivity contribution < 1.29 is 19.5 Å². The Morgan fingerprint density at radius 3 is 2.41 bits per heavy atom. The minimum absolute atomic E-state index is 0.0415. The Bertz CT molecular complexity index is 711. The summed E-state index contributed by atoms with van der Waals surface area (Å²) in [7, 11) is 1.50. The Labute approximate surface area is 132 Å². The molecule has 6 heteroatoms. The quantitative estimate of drug-likeness (QED) is 0.533. The standard InChI is InChI=1S/C16H14ClNO4/c1-10(19)22-18-16(11-3-5-12(17)6-4-11)14-8-7-13(21-2)9-15(14)20/h3-9,20H,1-2H3. The lowest BCUT2D eigenvalue weighted by Crippen LogP contribution is -2.06. The molecule has 114 valence electrons. The van der Waals surface area contributed by atoms with Gasteiger partial charge in [-0.25, -0.2) is 4.79 Å². The number of carbonyl (C=O) groups is 1. The molecule has 2 aromatic rings. The normalized spacial score (nSPS) is 11.1. The number of hydrogen-bond acceptors (Lipinski definition) is 5. The van der Waals surface area contributed by atoms with Gasteiger partial charge < -0.3 is 14.7 Å². The number of methoxy groups -OCH3 is 1. The number of phenols is 1. The van der Waals surface area contributed by atoms with Gasteiger partial charge in [-0.3, -0.25) is 0 Å². The molecule has 2 rings (SSSR count). The van der Waals surface area contributed by atoms with Crippen molar-refractivity contribution >= 4 is 23.3 Å². The summed E-state index contributed by atoms with van der Waals surface area (Å²) < 4.78 is 5.05. The summed E-state index contributed by atoms with van der Waals surface area (Å²) in [6, 6.07) is 11.6. The molecule has 0 atom stereocenters. The van der Waals surface area contributed by atoms with Crippen LogP contribution < -0.4 is 4.74 Å². The van der Waals surface area contributed by atoms with Crippen LogP contribution in [0, 0.1) is 0 Å². The average Bonchev–Trinajstić information content (AvgIpc) is 2.50. The number of rotatable bonds is 4. The van der Waals surface area contributed by atoms with Crippen molar-refractivity contribution in [1.82, 2.24) is 0 Å². The molecular weight excluding hydrogens is 306 g/mol. The van der Waals surface area contributed by atoms with Crippen LogP contribution in [0.25, 0.3) is 0 Å². The van der Waals surface area contributed by atoms with Crippen LogP contribution in [-0.2, 0) is 9.63 Å². The van der Waals surface area contributed by atoms with E-state index in [1.54, 1.807) is 36.4 Å². The molecule has 0 saturated heterocycles. The number of oxime groups is 1. The van der Waals surface area contributed by atoms with Crippen LogP contribution in [0.5, 0.6) is 11.5 Å². The lowest BCUT2D eigenvalue weighted by molar-refractivity contribution is -0.140. The molecule has 0 amide bonds. The van der Waals surface area contributed by atoms with Gasteiger partial charge in [0, 0.05) is 29.1 Å². The molecule has 2 aromatic carbocycles. The molecule has 0 saturated carbocycles. The summed E-state index contributed by atoms with van der Waals surface area (Å²) in [6.45, 7) is 1.25. The highest BCUT2D eigenvalue weighted by atomic mass is 35.5. The molecule has 0 unspecified atom stereocenters. The fourth-order valence-corrected chi connectivity index (χ4v) is 1.94. The largest absolute Gasteiger partial charge is 0.507 e. The van der Waals surface area contributed by atoms with Gasteiger partial charge in [-0.1, -0.05) is 28.9 Å². The lowest BCUT2D eigenvalue weighted by atomic mass is 10.0. The molecule has 0 spiro atoms. The SMILES string of the molecule is COc1ccc(C(=NOC(C)=O)c2ccc(Cl)cc2)c(O)c1. The summed E-state index contributed by atoms with van der Waals surface area (Å²) in [5.74, 6) is -0.0936. The van der Waals surface area contributed by atoms with E-state index in [4.69, 9.17) is 21.2 Å². The number of hydrogen-bond donors (Lipinski definition) is 1. The molecule has 1 N–H and O–H groups in total. The number of ether oxygens (including phenoxy) is 1. The summed E-state index contributed by atoms with van der Waals surface area (Å²) >= 11 is 5.87. The Balaban J connectivity index is 2.51. The third-order valence-corrected chi connectivity index (χ3v) is 3.10. The lowest BCUT2D eigenvalue weighted by Gasteiger charge is -2.10. The second-order valence-electron chi connectivity index (χ2n) is 4.41. The van der Waals surface area contributed by atoms with E-state index in [0.29, 0.717) is 27.6 Å². The van der Waals surface area contributed by atoms with Crippen LogP contribution in [0.3, 0.4) is 0 Å². The highest BCUT2D eigenvalue weighted by Gasteiger charge is 2.14. The smallest absolute Gasteiger partial charge is 0.332 e. The van der Waals surface area contributed by atoms with E-state index in [1.807, 2.05) is 0 Å². The highest BCUT2D eigenvalue weighted by molar-refractivity contribution is 6.30. The van der Waals surface area contributed by atoms with Gasteiger partial charge in [0.25, 0.3) is 0 Å². The maximum absolute atomic E-state index is 11.0. The Kier molecular flexibility index (Phi) is 5.01. The van der Waals surface area contributed by atoms with Crippen molar-refractivity contribution in [2.75, 3.05) is 7.11 Å². The maximum Gasteiger partial charge on any atom is 0.332 e. The number of nitrogens with zero attached hydrogens (tertiary/aromatic N) is 1. The fraction of sp³-hybridized carbons (Fsp3) is 0.125. The van der Waals surface area contributed by atoms with E-state index in [1.165, 1.54) is 20.1 Å². The first-order valence-electron chi connectivity index (χ1n) is 6.40. The number of halogens is 1. The first-order chi connectivity index (χ1) is 10.5. The third kappa shape index (κ3) is 3.77. The minimum atomic E-state index is -0.556. The van der Waals surface area contributed by atoms with E-state index >= 15 is 0 Å². The number of aromatic hydroxyl groups is 1. The zero-order valence-electron chi connectivity index (χ0n) is 12.0. The highest BCUT2D eigenvalue weighted by Crippen LogP contribution is 2.26. The van der Waals surface area contributed by atoms with Crippen LogP contribution in [0.4, 0.5) is 0 Å². The molecule has 0 heterocycles. The van der Waals surface area contributed by atoms with E-state index < -0.39 is 5.97 Å². The fourth-order valence-electron chi connectivity index (χ4n) is 1.81. The first kappa shape index (κ1) is 15.9. The van der Waals surface area contributed by atoms with E-state index in [2.05, 4.69) is 5.16 Å². The maximum atomic E-state index is 11.0. The predicted molar refractivity (Wildman–Crippen MR) is 83.5 cm³/mol. The van der Waals surface area contributed by atoms with Gasteiger partial charge in [-0.15, -0.1) is 0 Å². The average molecular weight is 320 g/mol. The molecule has 0 aliphatic rings. The summed E-state index contributed by atoms with van der Waals surface area (Å²) in [5.41, 5.74) is 1.36. The summed E-state index contributed by atoms with van der Waals surface area (Å²) in [4.78, 5) is 15.7. The van der Waals surface area contributed by atoms with Crippen LogP contribution >= 0.6 is 11.6 Å². The number of benzene rings is 2. The Morgan fingerprint density at radius 1 is 1.18 bits per heavy atom. The Hall–Kier alpha value is -2.53. The van der Waals surface area contributed by atoms with Gasteiger partial charge in [0.1, 0.15) is 17.2 Å². The molecule has 0 bridgehead atoms. The van der Waals surface area contributed by atoms with Crippen LogP contribution in [0.1, 0.15) is 18.1 Å². The first-order valence-corrected chi connectivity index (χ1v) is 6.78. The minimum Gasteiger partial charge on any atom is -0.507 e. The van der Waals surface area contributed by atoms with E-state index in [9.17, 15) is 9.90 Å². The summed E-state index contributed by atoms with van der Waals surface area (Å²) in [5, 5.41) is 14.5. The molecule has 0 aromatic heterocycles. The summed E-state index contributed by atoms with van der Waals surface area (Å²) in [6.07, 6.45) is 0. The zero-order valence-corrected chi connectivity index (χ0v) is 12.8. The van der Waals surface area contributed by atoms with Crippen molar-refractivity contribution in [2.45, 2.75) is 6.92 Å². The van der Waals surface area contributed by atoms with E-state index in [-0.39, 0.29) is 5.75 Å². The van der Waals surface area contributed by atoms with Crippen molar-refractivity contribution in [2.24, 2.45) is 5.16 Å². The van der Waals surface area contributed by atoms with Crippen molar-refractivity contribution in [3.05, 3.63) is 58.6 Å². The second-order valence-corrected chi connectivity index (χ2v) is 4.85. The van der Waals surface area contributed by atoms with Crippen molar-refractivity contribution in [1.29, 1.82) is 0 Å². The third-order valence-electron chi connectivity index (χ3n) is 2.84. The van der Waals surface area contributed by atoms with Crippen LogP contribution in [0.2, 0.25) is 5.02 Å². The van der Waals surface area contributed by atoms with Crippen LogP contribution in [-0.4, -0.2) is 23.9 Å². The van der Waals surface area contributed by atoms with Crippen LogP contribution in [0.15, 0.2) is 47.6 Å². The Morgan fingerprint density at radius 2 is 1.86 bits per heavy atom. The predicted octanol–water partition coefficient (Wildman–Crippen LogP) is 3.37. The molecule has 22 heavy (non-hydrogen) atoms. The van der Waals surface area contributed by atoms with Crippen molar-refractivity contribution in [3.63, 3.8) is 0 Å². The number of carbonyl (C=O) groups excluding carboxylic acids is 1. The number of phenolic OH excluding ortho intramolecular Hbond substituents is 1. The monoisotopic (exact) mass is 319 g/mol. The molecule has 0 fully saturated rings. The molecule has 0 radical (unpaired) electrons. The van der Waals surface area contributed by atoms with Gasteiger partial charge >= 0.3 is 5.97 Å². The second kappa shape index (κ2) is 6.95. The van der Waals surface area contributed by atoms with Gasteiger partial charge in [0.05, 0.1) is 7.11 Å². The van der Waals surface area contributed by atoms with Gasteiger partial charge in [-0.05, 0) is 24.3 Å². The van der Waals surface area contributed by atoms with Crippen molar-refractivity contribution in [3.8, 4) is 11.5 Å². The zero-order chi connectivity index (χ0) is 16.1. The van der Waals surface area contributed by atoms with Gasteiger partial charge in [0.15, 0.2) is 0 Å². The van der Waals surface area contributed by atoms with Gasteiger partial charge in [-0.2, -0.15) is 0 Å². The molecule has 5 nitrogen and oxygen atoms in total. The topological polar surface area (TPSA) is 68.1 Å². The molecule has 0 aliphatic heterocycles. The van der Waals surface area contributed by atoms with E-state index in [0.717, 1.165) is 0 Å².